The third-order valence-corrected chi connectivity index (χ3v) is 4.15. The van der Waals surface area contributed by atoms with Gasteiger partial charge in [-0.15, -0.1) is 10.2 Å². The fourth-order valence-corrected chi connectivity index (χ4v) is 2.76. The SMILES string of the molecule is CCc1nnc2sc(-c3ccc(C)c(Cl)c3)nn12. The van der Waals surface area contributed by atoms with E-state index in [1.165, 1.54) is 11.3 Å². The van der Waals surface area contributed by atoms with Gasteiger partial charge in [-0.1, -0.05) is 42.0 Å². The van der Waals surface area contributed by atoms with Crippen molar-refractivity contribution in [1.29, 1.82) is 0 Å². The molecule has 2 aromatic heterocycles. The molecule has 4 nitrogen and oxygen atoms in total. The van der Waals surface area contributed by atoms with Crippen molar-refractivity contribution in [3.8, 4) is 10.6 Å². The van der Waals surface area contributed by atoms with Crippen molar-refractivity contribution in [2.45, 2.75) is 20.3 Å². The van der Waals surface area contributed by atoms with Crippen LogP contribution in [-0.4, -0.2) is 19.8 Å². The fourth-order valence-electron chi connectivity index (χ4n) is 1.72. The maximum absolute atomic E-state index is 6.14. The Hall–Kier alpha value is -1.46. The van der Waals surface area contributed by atoms with Crippen LogP contribution in [0.2, 0.25) is 5.02 Å². The molecule has 0 unspecified atom stereocenters. The van der Waals surface area contributed by atoms with Gasteiger partial charge in [0.15, 0.2) is 5.82 Å². The Morgan fingerprint density at radius 3 is 2.89 bits per heavy atom. The highest BCUT2D eigenvalue weighted by molar-refractivity contribution is 7.19. The average molecular weight is 279 g/mol. The first-order chi connectivity index (χ1) is 8.69. The van der Waals surface area contributed by atoms with Gasteiger partial charge in [-0.2, -0.15) is 9.61 Å². The van der Waals surface area contributed by atoms with E-state index in [9.17, 15) is 0 Å². The Bertz CT molecular complexity index is 716. The lowest BCUT2D eigenvalue weighted by Gasteiger charge is -1.99. The predicted octanol–water partition coefficient (Wildman–Crippen LogP) is 3.38. The summed E-state index contributed by atoms with van der Waals surface area (Å²) in [6, 6.07) is 5.97. The molecule has 0 N–H and O–H groups in total. The maximum Gasteiger partial charge on any atom is 0.234 e. The minimum Gasteiger partial charge on any atom is -0.187 e. The zero-order valence-electron chi connectivity index (χ0n) is 10.0. The summed E-state index contributed by atoms with van der Waals surface area (Å²) < 4.78 is 1.80. The molecule has 0 aliphatic heterocycles. The summed E-state index contributed by atoms with van der Waals surface area (Å²) in [4.78, 5) is 0.818. The second kappa shape index (κ2) is 4.33. The van der Waals surface area contributed by atoms with E-state index in [4.69, 9.17) is 11.6 Å². The Morgan fingerprint density at radius 2 is 2.17 bits per heavy atom. The second-order valence-electron chi connectivity index (χ2n) is 4.04. The number of rotatable bonds is 2. The molecular weight excluding hydrogens is 268 g/mol. The lowest BCUT2D eigenvalue weighted by atomic mass is 10.2. The zero-order valence-corrected chi connectivity index (χ0v) is 11.6. The van der Waals surface area contributed by atoms with Crippen LogP contribution in [-0.2, 0) is 6.42 Å². The molecule has 0 spiro atoms. The first-order valence-electron chi connectivity index (χ1n) is 5.66. The molecule has 6 heteroatoms. The molecule has 0 fully saturated rings. The second-order valence-corrected chi connectivity index (χ2v) is 5.40. The zero-order chi connectivity index (χ0) is 12.7. The summed E-state index contributed by atoms with van der Waals surface area (Å²) in [5.41, 5.74) is 2.08. The summed E-state index contributed by atoms with van der Waals surface area (Å²) in [6.07, 6.45) is 0.818. The molecule has 1 aromatic carbocycles. The summed E-state index contributed by atoms with van der Waals surface area (Å²) in [6.45, 7) is 4.03. The molecule has 0 aliphatic rings. The molecule has 0 radical (unpaired) electrons. The lowest BCUT2D eigenvalue weighted by Crippen LogP contribution is -1.93. The van der Waals surface area contributed by atoms with Crippen LogP contribution in [0.5, 0.6) is 0 Å². The van der Waals surface area contributed by atoms with Crippen LogP contribution in [0.3, 0.4) is 0 Å². The van der Waals surface area contributed by atoms with E-state index in [-0.39, 0.29) is 0 Å². The normalized spacial score (nSPS) is 11.3. The third kappa shape index (κ3) is 1.79. The molecular formula is C12H11ClN4S. The number of benzene rings is 1. The van der Waals surface area contributed by atoms with Crippen LogP contribution in [0.15, 0.2) is 18.2 Å². The van der Waals surface area contributed by atoms with Crippen LogP contribution in [0.1, 0.15) is 18.3 Å². The quantitative estimate of drug-likeness (QED) is 0.722. The Balaban J connectivity index is 2.13. The third-order valence-electron chi connectivity index (χ3n) is 2.79. The number of aryl methyl sites for hydroxylation is 2. The van der Waals surface area contributed by atoms with E-state index in [1.54, 1.807) is 4.52 Å². The highest BCUT2D eigenvalue weighted by Gasteiger charge is 2.12. The molecule has 0 amide bonds. The Morgan fingerprint density at radius 1 is 1.33 bits per heavy atom. The summed E-state index contributed by atoms with van der Waals surface area (Å²) in [7, 11) is 0. The highest BCUT2D eigenvalue weighted by atomic mass is 35.5. The van der Waals surface area contributed by atoms with Crippen molar-refractivity contribution in [2.75, 3.05) is 0 Å². The van der Waals surface area contributed by atoms with Crippen LogP contribution >= 0.6 is 22.9 Å². The minimum atomic E-state index is 0.759. The van der Waals surface area contributed by atoms with E-state index < -0.39 is 0 Å². The molecule has 3 aromatic rings. The van der Waals surface area contributed by atoms with Crippen LogP contribution in [0.25, 0.3) is 15.5 Å². The van der Waals surface area contributed by atoms with Crippen molar-refractivity contribution in [3.63, 3.8) is 0 Å². The topological polar surface area (TPSA) is 43.1 Å². The van der Waals surface area contributed by atoms with Gasteiger partial charge in [0.1, 0.15) is 5.01 Å². The van der Waals surface area contributed by atoms with Gasteiger partial charge < -0.3 is 0 Å². The largest absolute Gasteiger partial charge is 0.234 e. The van der Waals surface area contributed by atoms with Crippen molar-refractivity contribution in [2.24, 2.45) is 0 Å². The lowest BCUT2D eigenvalue weighted by molar-refractivity contribution is 0.838. The van der Waals surface area contributed by atoms with Gasteiger partial charge in [0, 0.05) is 17.0 Å². The highest BCUT2D eigenvalue weighted by Crippen LogP contribution is 2.28. The van der Waals surface area contributed by atoms with Crippen LogP contribution in [0, 0.1) is 6.92 Å². The summed E-state index contributed by atoms with van der Waals surface area (Å²) >= 11 is 7.66. The molecule has 0 saturated carbocycles. The number of hydrogen-bond acceptors (Lipinski definition) is 4. The first-order valence-corrected chi connectivity index (χ1v) is 6.86. The Kier molecular flexibility index (Phi) is 2.80. The van der Waals surface area contributed by atoms with E-state index >= 15 is 0 Å². The van der Waals surface area contributed by atoms with E-state index in [0.29, 0.717) is 0 Å². The number of fused-ring (bicyclic) bond motifs is 1. The minimum absolute atomic E-state index is 0.759. The van der Waals surface area contributed by atoms with Crippen molar-refractivity contribution in [1.82, 2.24) is 19.8 Å². The van der Waals surface area contributed by atoms with Gasteiger partial charge in [0.2, 0.25) is 4.96 Å². The number of nitrogens with zero attached hydrogens (tertiary/aromatic N) is 4. The average Bonchev–Trinajstić information content (AvgIpc) is 2.92. The van der Waals surface area contributed by atoms with Crippen molar-refractivity contribution >= 4 is 27.9 Å². The van der Waals surface area contributed by atoms with Gasteiger partial charge in [-0.05, 0) is 18.6 Å². The number of aromatic nitrogens is 4. The van der Waals surface area contributed by atoms with Gasteiger partial charge >= 0.3 is 0 Å². The number of hydrogen-bond donors (Lipinski definition) is 0. The van der Waals surface area contributed by atoms with E-state index in [1.807, 2.05) is 32.0 Å². The summed E-state index contributed by atoms with van der Waals surface area (Å²) in [5, 5.41) is 14.4. The molecule has 0 bridgehead atoms. The van der Waals surface area contributed by atoms with E-state index in [2.05, 4.69) is 15.3 Å². The molecule has 0 atom stereocenters. The maximum atomic E-state index is 6.14. The smallest absolute Gasteiger partial charge is 0.187 e. The predicted molar refractivity (Wildman–Crippen MR) is 73.2 cm³/mol. The number of halogens is 1. The van der Waals surface area contributed by atoms with E-state index in [0.717, 1.165) is 38.4 Å². The summed E-state index contributed by atoms with van der Waals surface area (Å²) in [5.74, 6) is 0.880. The molecule has 0 saturated heterocycles. The van der Waals surface area contributed by atoms with Gasteiger partial charge in [0.05, 0.1) is 0 Å². The van der Waals surface area contributed by atoms with Gasteiger partial charge in [0.25, 0.3) is 0 Å². The van der Waals surface area contributed by atoms with Gasteiger partial charge in [-0.25, -0.2) is 0 Å². The molecule has 92 valence electrons. The fraction of sp³-hybridized carbons (Fsp3) is 0.250. The van der Waals surface area contributed by atoms with Crippen molar-refractivity contribution in [3.05, 3.63) is 34.6 Å². The monoisotopic (exact) mass is 278 g/mol. The van der Waals surface area contributed by atoms with Crippen LogP contribution < -0.4 is 0 Å². The molecule has 18 heavy (non-hydrogen) atoms. The Labute approximate surface area is 113 Å². The first kappa shape index (κ1) is 11.6. The van der Waals surface area contributed by atoms with Crippen molar-refractivity contribution < 1.29 is 0 Å². The standard InChI is InChI=1S/C12H11ClN4S/c1-3-10-14-15-12-17(10)16-11(18-12)8-5-4-7(2)9(13)6-8/h4-6H,3H2,1-2H3. The molecule has 3 rings (SSSR count). The molecule has 0 aliphatic carbocycles. The van der Waals surface area contributed by atoms with Gasteiger partial charge in [-0.3, -0.25) is 0 Å². The molecule has 2 heterocycles. The van der Waals surface area contributed by atoms with Crippen LogP contribution in [0.4, 0.5) is 0 Å².